The molecule has 1 aromatic heterocycles. The summed E-state index contributed by atoms with van der Waals surface area (Å²) in [5.74, 6) is -0.774. The van der Waals surface area contributed by atoms with Gasteiger partial charge in [0.1, 0.15) is 16.6 Å². The topological polar surface area (TPSA) is 83.2 Å². The number of nitriles is 1. The average molecular weight is 374 g/mol. The zero-order valence-electron chi connectivity index (χ0n) is 14.1. The second kappa shape index (κ2) is 7.06. The van der Waals surface area contributed by atoms with Crippen molar-refractivity contribution in [2.45, 2.75) is 12.5 Å². The van der Waals surface area contributed by atoms with Crippen LogP contribution in [0.25, 0.3) is 16.8 Å². The molecule has 2 heterocycles. The number of hydrogen-bond acceptors (Lipinski definition) is 6. The number of esters is 1. The van der Waals surface area contributed by atoms with E-state index in [-0.39, 0.29) is 11.3 Å². The summed E-state index contributed by atoms with van der Waals surface area (Å²) in [5, 5.41) is 22.5. The fourth-order valence-electron chi connectivity index (χ4n) is 2.99. The zero-order chi connectivity index (χ0) is 18.8. The Kier molecular flexibility index (Phi) is 4.45. The van der Waals surface area contributed by atoms with Crippen LogP contribution >= 0.6 is 11.3 Å². The third-order valence-electron chi connectivity index (χ3n) is 4.35. The highest BCUT2D eigenvalue weighted by molar-refractivity contribution is 7.11. The van der Waals surface area contributed by atoms with Crippen LogP contribution in [0.15, 0.2) is 65.7 Å². The second-order valence-electron chi connectivity index (χ2n) is 6.03. The summed E-state index contributed by atoms with van der Waals surface area (Å²) in [6.45, 7) is 0. The van der Waals surface area contributed by atoms with Crippen LogP contribution in [0.5, 0.6) is 0 Å². The third kappa shape index (κ3) is 3.21. The first kappa shape index (κ1) is 17.0. The van der Waals surface area contributed by atoms with Gasteiger partial charge in [0.25, 0.3) is 0 Å². The minimum atomic E-state index is -0.897. The van der Waals surface area contributed by atoms with Crippen molar-refractivity contribution in [1.82, 2.24) is 4.98 Å². The lowest BCUT2D eigenvalue weighted by molar-refractivity contribution is 0.0251. The molecule has 5 nitrogen and oxygen atoms in total. The monoisotopic (exact) mass is 374 g/mol. The number of benzene rings is 2. The number of aliphatic hydroxyl groups is 1. The first-order valence-corrected chi connectivity index (χ1v) is 9.19. The highest BCUT2D eigenvalue weighted by Gasteiger charge is 2.31. The first-order valence-electron chi connectivity index (χ1n) is 8.31. The van der Waals surface area contributed by atoms with Crippen LogP contribution in [-0.4, -0.2) is 22.2 Å². The summed E-state index contributed by atoms with van der Waals surface area (Å²) in [6, 6.07) is 18.7. The second-order valence-corrected chi connectivity index (χ2v) is 6.89. The highest BCUT2D eigenvalue weighted by Crippen LogP contribution is 2.31. The Bertz CT molecular complexity index is 1080. The molecule has 0 aliphatic carbocycles. The predicted octanol–water partition coefficient (Wildman–Crippen LogP) is 4.38. The van der Waals surface area contributed by atoms with Gasteiger partial charge in [0.2, 0.25) is 0 Å². The van der Waals surface area contributed by atoms with E-state index in [1.54, 1.807) is 12.1 Å². The van der Waals surface area contributed by atoms with Gasteiger partial charge in [0.05, 0.1) is 11.3 Å². The Labute approximate surface area is 159 Å². The molecule has 4 rings (SSSR count). The molecule has 0 bridgehead atoms. The fourth-order valence-corrected chi connectivity index (χ4v) is 3.82. The lowest BCUT2D eigenvalue weighted by atomic mass is 9.96. The molecule has 0 spiro atoms. The number of aromatic nitrogens is 1. The van der Waals surface area contributed by atoms with E-state index in [1.807, 2.05) is 53.9 Å². The van der Waals surface area contributed by atoms with Crippen LogP contribution in [0.3, 0.4) is 0 Å². The molecule has 0 radical (unpaired) electrons. The van der Waals surface area contributed by atoms with Crippen molar-refractivity contribution in [2.75, 3.05) is 0 Å². The molecule has 3 aromatic rings. The Morgan fingerprint density at radius 1 is 1.19 bits per heavy atom. The molecule has 0 saturated carbocycles. The van der Waals surface area contributed by atoms with Crippen LogP contribution in [0.4, 0.5) is 0 Å². The lowest BCUT2D eigenvalue weighted by Crippen LogP contribution is -2.29. The van der Waals surface area contributed by atoms with E-state index in [2.05, 4.69) is 4.98 Å². The number of rotatable bonds is 3. The van der Waals surface area contributed by atoms with Crippen molar-refractivity contribution >= 4 is 22.9 Å². The summed E-state index contributed by atoms with van der Waals surface area (Å²) in [5.41, 5.74) is 2.95. The Morgan fingerprint density at radius 3 is 2.70 bits per heavy atom. The lowest BCUT2D eigenvalue weighted by Gasteiger charge is -2.24. The number of nitrogens with zero attached hydrogens (tertiary/aromatic N) is 2. The molecule has 1 unspecified atom stereocenters. The molecule has 27 heavy (non-hydrogen) atoms. The molecule has 2 aromatic carbocycles. The quantitative estimate of drug-likeness (QED) is 0.418. The molecule has 1 atom stereocenters. The van der Waals surface area contributed by atoms with Gasteiger partial charge in [-0.25, -0.2) is 9.78 Å². The van der Waals surface area contributed by atoms with Crippen LogP contribution in [-0.2, 0) is 11.2 Å². The Morgan fingerprint density at radius 2 is 1.93 bits per heavy atom. The summed E-state index contributed by atoms with van der Waals surface area (Å²) >= 11 is 1.26. The van der Waals surface area contributed by atoms with Gasteiger partial charge in [-0.15, -0.1) is 11.3 Å². The van der Waals surface area contributed by atoms with E-state index < -0.39 is 12.1 Å². The highest BCUT2D eigenvalue weighted by atomic mass is 32.1. The number of ether oxygens (including phenoxy) is 1. The van der Waals surface area contributed by atoms with E-state index in [4.69, 9.17) is 4.74 Å². The fraction of sp³-hybridized carbons (Fsp3) is 0.0952. The smallest absolute Gasteiger partial charge is 0.339 e. The van der Waals surface area contributed by atoms with Gasteiger partial charge in [-0.3, -0.25) is 0 Å². The van der Waals surface area contributed by atoms with Crippen molar-refractivity contribution in [1.29, 1.82) is 5.26 Å². The van der Waals surface area contributed by atoms with Gasteiger partial charge in [0.15, 0.2) is 11.9 Å². The van der Waals surface area contributed by atoms with Crippen LogP contribution in [0.1, 0.15) is 20.9 Å². The number of carbonyl (C=O) groups is 1. The van der Waals surface area contributed by atoms with Crippen molar-refractivity contribution in [2.24, 2.45) is 0 Å². The molecule has 0 fully saturated rings. The summed E-state index contributed by atoms with van der Waals surface area (Å²) in [6.07, 6.45) is -0.582. The van der Waals surface area contributed by atoms with Crippen LogP contribution in [0, 0.1) is 11.3 Å². The van der Waals surface area contributed by atoms with Crippen molar-refractivity contribution in [3.63, 3.8) is 0 Å². The van der Waals surface area contributed by atoms with Crippen molar-refractivity contribution in [3.05, 3.63) is 81.9 Å². The maximum atomic E-state index is 12.2. The first-order chi connectivity index (χ1) is 13.2. The number of cyclic esters (lactones) is 1. The largest absolute Gasteiger partial charge is 0.507 e. The van der Waals surface area contributed by atoms with Crippen molar-refractivity contribution < 1.29 is 14.6 Å². The molecule has 1 N–H and O–H groups in total. The molecule has 0 amide bonds. The average Bonchev–Trinajstić information content (AvgIpc) is 3.19. The van der Waals surface area contributed by atoms with E-state index in [1.165, 1.54) is 11.3 Å². The minimum Gasteiger partial charge on any atom is -0.507 e. The third-order valence-corrected chi connectivity index (χ3v) is 5.21. The Hall–Kier alpha value is -3.43. The Balaban J connectivity index is 1.68. The summed E-state index contributed by atoms with van der Waals surface area (Å²) in [7, 11) is 0. The van der Waals surface area contributed by atoms with Gasteiger partial charge in [-0.1, -0.05) is 48.5 Å². The van der Waals surface area contributed by atoms with Gasteiger partial charge in [0, 0.05) is 17.4 Å². The number of thiazole rings is 1. The molecule has 0 saturated heterocycles. The maximum absolute atomic E-state index is 12.2. The van der Waals surface area contributed by atoms with Crippen LogP contribution < -0.4 is 0 Å². The molecule has 1 aliphatic rings. The van der Waals surface area contributed by atoms with Gasteiger partial charge >= 0.3 is 5.97 Å². The predicted molar refractivity (Wildman–Crippen MR) is 102 cm³/mol. The summed E-state index contributed by atoms with van der Waals surface area (Å²) in [4.78, 5) is 16.7. The van der Waals surface area contributed by atoms with Crippen LogP contribution in [0.2, 0.25) is 0 Å². The molecular weight excluding hydrogens is 360 g/mol. The van der Waals surface area contributed by atoms with E-state index in [0.717, 1.165) is 16.8 Å². The summed E-state index contributed by atoms with van der Waals surface area (Å²) < 4.78 is 5.35. The number of fused-ring (bicyclic) bond motifs is 1. The van der Waals surface area contributed by atoms with E-state index >= 15 is 0 Å². The normalized spacial score (nSPS) is 16.7. The number of aliphatic hydroxyl groups excluding tert-OH is 1. The maximum Gasteiger partial charge on any atom is 0.339 e. The van der Waals surface area contributed by atoms with E-state index in [0.29, 0.717) is 17.0 Å². The van der Waals surface area contributed by atoms with E-state index in [9.17, 15) is 15.2 Å². The molecule has 1 aliphatic heterocycles. The molecule has 6 heteroatoms. The number of hydrogen-bond donors (Lipinski definition) is 1. The van der Waals surface area contributed by atoms with Gasteiger partial charge < -0.3 is 9.84 Å². The molecular formula is C21H14N2O3S. The standard InChI is InChI=1S/C21H14N2O3S/c22-11-16(20-23-17(12-27-20)13-6-2-1-3-7-13)19(24)18-10-14-8-4-5-9-15(14)21(25)26-18/h1-9,12,18,24H,10H2/b19-16-. The van der Waals surface area contributed by atoms with Gasteiger partial charge in [-0.05, 0) is 11.6 Å². The molecule has 132 valence electrons. The number of carbonyl (C=O) groups excluding carboxylic acids is 1. The van der Waals surface area contributed by atoms with Gasteiger partial charge in [-0.2, -0.15) is 5.26 Å². The minimum absolute atomic E-state index is 0.0272. The van der Waals surface area contributed by atoms with Crippen molar-refractivity contribution in [3.8, 4) is 17.3 Å². The zero-order valence-corrected chi connectivity index (χ0v) is 14.9. The SMILES string of the molecule is N#C/C(=C(/O)C1Cc2ccccc2C(=O)O1)c1nc(-c2ccccc2)cs1. The number of allylic oxidation sites excluding steroid dienone is 1.